The fraction of sp³-hybridized carbons (Fsp3) is 0.588. The van der Waals surface area contributed by atoms with Crippen molar-refractivity contribution < 1.29 is 17.9 Å². The molecule has 1 aromatic carbocycles. The number of piperidine rings is 1. The van der Waals surface area contributed by atoms with E-state index in [1.54, 1.807) is 12.1 Å². The maximum absolute atomic E-state index is 12.3. The minimum Gasteiger partial charge on any atom is -0.379 e. The van der Waals surface area contributed by atoms with E-state index in [0.29, 0.717) is 12.6 Å². The van der Waals surface area contributed by atoms with Crippen molar-refractivity contribution in [3.8, 4) is 0 Å². The molecule has 0 aliphatic carbocycles. The molecule has 1 aromatic rings. The number of likely N-dealkylation sites (tertiary alicyclic amines) is 1. The Kier molecular flexibility index (Phi) is 6.13. The molecule has 0 saturated carbocycles. The summed E-state index contributed by atoms with van der Waals surface area (Å²) >= 11 is 0. The van der Waals surface area contributed by atoms with Gasteiger partial charge in [0.15, 0.2) is 0 Å². The van der Waals surface area contributed by atoms with E-state index in [9.17, 15) is 13.2 Å². The number of hydrogen-bond acceptors (Lipinski definition) is 5. The molecule has 2 aliphatic heterocycles. The van der Waals surface area contributed by atoms with Crippen LogP contribution < -0.4 is 10.5 Å². The van der Waals surface area contributed by atoms with Crippen LogP contribution in [-0.4, -0.2) is 69.7 Å². The molecule has 2 heterocycles. The molecule has 26 heavy (non-hydrogen) atoms. The zero-order valence-corrected chi connectivity index (χ0v) is 15.6. The van der Waals surface area contributed by atoms with Gasteiger partial charge in [0.25, 0.3) is 0 Å². The molecule has 8 nitrogen and oxygen atoms in total. The van der Waals surface area contributed by atoms with Gasteiger partial charge in [0.1, 0.15) is 0 Å². The molecule has 0 bridgehead atoms. The standard InChI is InChI=1S/C17H26N4O4S/c18-26(23,24)16-3-1-14(2-4-16)13-19-17(22)21-7-5-15(6-8-21)20-9-11-25-12-10-20/h1-4,15H,5-13H2,(H,19,22)(H2,18,23,24). The monoisotopic (exact) mass is 382 g/mol. The summed E-state index contributed by atoms with van der Waals surface area (Å²) in [6, 6.07) is 6.67. The summed E-state index contributed by atoms with van der Waals surface area (Å²) in [7, 11) is -3.69. The second-order valence-corrected chi connectivity index (χ2v) is 8.28. The van der Waals surface area contributed by atoms with E-state index in [-0.39, 0.29) is 10.9 Å². The Morgan fingerprint density at radius 2 is 1.73 bits per heavy atom. The lowest BCUT2D eigenvalue weighted by atomic mass is 10.0. The lowest BCUT2D eigenvalue weighted by Gasteiger charge is -2.40. The van der Waals surface area contributed by atoms with Crippen LogP contribution in [0, 0.1) is 0 Å². The van der Waals surface area contributed by atoms with Crippen LogP contribution in [0.3, 0.4) is 0 Å². The van der Waals surface area contributed by atoms with Gasteiger partial charge in [-0.2, -0.15) is 0 Å². The number of carbonyl (C=O) groups is 1. The van der Waals surface area contributed by atoms with Crippen LogP contribution in [0.4, 0.5) is 4.79 Å². The summed E-state index contributed by atoms with van der Waals surface area (Å²) in [6.45, 7) is 5.40. The van der Waals surface area contributed by atoms with E-state index in [2.05, 4.69) is 10.2 Å². The molecule has 2 aliphatic rings. The molecule has 0 unspecified atom stereocenters. The number of rotatable bonds is 4. The quantitative estimate of drug-likeness (QED) is 0.781. The Bertz CT molecular complexity index is 709. The average Bonchev–Trinajstić information content (AvgIpc) is 2.66. The minimum absolute atomic E-state index is 0.0674. The predicted octanol–water partition coefficient (Wildman–Crippen LogP) is 0.340. The molecule has 144 valence electrons. The average molecular weight is 382 g/mol. The Balaban J connectivity index is 1.44. The Morgan fingerprint density at radius 3 is 2.31 bits per heavy atom. The molecule has 9 heteroatoms. The zero-order valence-electron chi connectivity index (χ0n) is 14.8. The molecule has 0 spiro atoms. The fourth-order valence-electron chi connectivity index (χ4n) is 3.46. The van der Waals surface area contributed by atoms with Gasteiger partial charge in [0.05, 0.1) is 18.1 Å². The van der Waals surface area contributed by atoms with Crippen molar-refractivity contribution >= 4 is 16.1 Å². The van der Waals surface area contributed by atoms with Crippen molar-refractivity contribution in [2.45, 2.75) is 30.3 Å². The molecular weight excluding hydrogens is 356 g/mol. The molecule has 2 saturated heterocycles. The first-order chi connectivity index (χ1) is 12.4. The topological polar surface area (TPSA) is 105 Å². The Hall–Kier alpha value is -1.68. The molecule has 3 N–H and O–H groups in total. The highest BCUT2D eigenvalue weighted by atomic mass is 32.2. The van der Waals surface area contributed by atoms with Crippen LogP contribution in [0.25, 0.3) is 0 Å². The SMILES string of the molecule is NS(=O)(=O)c1ccc(CNC(=O)N2CCC(N3CCOCC3)CC2)cc1. The van der Waals surface area contributed by atoms with E-state index in [4.69, 9.17) is 9.88 Å². The number of sulfonamides is 1. The van der Waals surface area contributed by atoms with Gasteiger partial charge in [0.2, 0.25) is 10.0 Å². The third kappa shape index (κ3) is 4.94. The van der Waals surface area contributed by atoms with E-state index in [1.807, 2.05) is 4.90 Å². The number of hydrogen-bond donors (Lipinski definition) is 2. The highest BCUT2D eigenvalue weighted by Crippen LogP contribution is 2.18. The molecule has 0 atom stereocenters. The van der Waals surface area contributed by atoms with Crippen molar-refractivity contribution in [1.29, 1.82) is 0 Å². The number of nitrogens with one attached hydrogen (secondary N) is 1. The fourth-order valence-corrected chi connectivity index (χ4v) is 3.98. The highest BCUT2D eigenvalue weighted by Gasteiger charge is 2.27. The summed E-state index contributed by atoms with van der Waals surface area (Å²) in [4.78, 5) is 16.7. The van der Waals surface area contributed by atoms with Crippen molar-refractivity contribution in [1.82, 2.24) is 15.1 Å². The summed E-state index contributed by atoms with van der Waals surface area (Å²) in [5, 5.41) is 7.97. The number of nitrogens with two attached hydrogens (primary N) is 1. The maximum Gasteiger partial charge on any atom is 0.317 e. The van der Waals surface area contributed by atoms with Crippen molar-refractivity contribution in [2.75, 3.05) is 39.4 Å². The van der Waals surface area contributed by atoms with Crippen LogP contribution >= 0.6 is 0 Å². The number of benzene rings is 1. The maximum atomic E-state index is 12.3. The normalized spacial score (nSPS) is 20.1. The summed E-state index contributed by atoms with van der Waals surface area (Å²) < 4.78 is 27.9. The smallest absolute Gasteiger partial charge is 0.317 e. The Labute approximate surface area is 154 Å². The van der Waals surface area contributed by atoms with Crippen LogP contribution in [0.15, 0.2) is 29.2 Å². The molecular formula is C17H26N4O4S. The first-order valence-electron chi connectivity index (χ1n) is 8.90. The van der Waals surface area contributed by atoms with Crippen LogP contribution in [0.2, 0.25) is 0 Å². The van der Waals surface area contributed by atoms with Crippen molar-refractivity contribution in [3.63, 3.8) is 0 Å². The Morgan fingerprint density at radius 1 is 1.12 bits per heavy atom. The molecule has 2 amide bonds. The highest BCUT2D eigenvalue weighted by molar-refractivity contribution is 7.89. The number of nitrogens with zero attached hydrogens (tertiary/aromatic N) is 2. The number of morpholine rings is 1. The molecule has 3 rings (SSSR count). The number of ether oxygens (including phenoxy) is 1. The predicted molar refractivity (Wildman–Crippen MR) is 97.0 cm³/mol. The number of amides is 2. The van der Waals surface area contributed by atoms with Crippen LogP contribution in [0.1, 0.15) is 18.4 Å². The largest absolute Gasteiger partial charge is 0.379 e. The van der Waals surface area contributed by atoms with Crippen molar-refractivity contribution in [2.24, 2.45) is 5.14 Å². The van der Waals surface area contributed by atoms with Crippen LogP contribution in [0.5, 0.6) is 0 Å². The molecule has 2 fully saturated rings. The zero-order chi connectivity index (χ0) is 18.6. The summed E-state index contributed by atoms with van der Waals surface area (Å²) in [5.41, 5.74) is 0.828. The van der Waals surface area contributed by atoms with Gasteiger partial charge in [-0.25, -0.2) is 18.4 Å². The first kappa shape index (κ1) is 19.1. The molecule has 0 radical (unpaired) electrons. The van der Waals surface area contributed by atoms with Gasteiger partial charge in [-0.3, -0.25) is 4.90 Å². The lowest BCUT2D eigenvalue weighted by molar-refractivity contribution is 0.00380. The van der Waals surface area contributed by atoms with E-state index in [0.717, 1.165) is 57.8 Å². The first-order valence-corrected chi connectivity index (χ1v) is 10.4. The summed E-state index contributed by atoms with van der Waals surface area (Å²) in [6.07, 6.45) is 1.97. The second-order valence-electron chi connectivity index (χ2n) is 6.71. The van der Waals surface area contributed by atoms with Gasteiger partial charge in [-0.1, -0.05) is 12.1 Å². The van der Waals surface area contributed by atoms with Gasteiger partial charge in [-0.05, 0) is 30.5 Å². The number of urea groups is 1. The van der Waals surface area contributed by atoms with Crippen LogP contribution in [-0.2, 0) is 21.3 Å². The second kappa shape index (κ2) is 8.34. The third-order valence-electron chi connectivity index (χ3n) is 5.01. The number of carbonyl (C=O) groups excluding carboxylic acids is 1. The van der Waals surface area contributed by atoms with E-state index >= 15 is 0 Å². The minimum atomic E-state index is -3.69. The molecule has 0 aromatic heterocycles. The lowest BCUT2D eigenvalue weighted by Crippen LogP contribution is -2.51. The van der Waals surface area contributed by atoms with Gasteiger partial charge < -0.3 is 15.0 Å². The van der Waals surface area contributed by atoms with E-state index < -0.39 is 10.0 Å². The van der Waals surface area contributed by atoms with Crippen molar-refractivity contribution in [3.05, 3.63) is 29.8 Å². The van der Waals surface area contributed by atoms with E-state index in [1.165, 1.54) is 12.1 Å². The van der Waals surface area contributed by atoms with Gasteiger partial charge in [-0.15, -0.1) is 0 Å². The summed E-state index contributed by atoms with van der Waals surface area (Å²) in [5.74, 6) is 0. The van der Waals surface area contributed by atoms with Gasteiger partial charge in [0, 0.05) is 38.8 Å². The third-order valence-corrected chi connectivity index (χ3v) is 5.94. The number of primary sulfonamides is 1. The van der Waals surface area contributed by atoms with Gasteiger partial charge >= 0.3 is 6.03 Å².